The number of nitrogens with one attached hydrogen (secondary N) is 3. The van der Waals surface area contributed by atoms with Gasteiger partial charge in [0.2, 0.25) is 0 Å². The van der Waals surface area contributed by atoms with Crippen LogP contribution in [0.5, 0.6) is 0 Å². The van der Waals surface area contributed by atoms with E-state index in [0.717, 1.165) is 18.7 Å². The summed E-state index contributed by atoms with van der Waals surface area (Å²) in [6.45, 7) is 2.48. The molecular weight excluding hydrogens is 254 g/mol. The summed E-state index contributed by atoms with van der Waals surface area (Å²) in [6.07, 6.45) is 6.01. The van der Waals surface area contributed by atoms with E-state index in [1.165, 1.54) is 19.2 Å². The van der Waals surface area contributed by atoms with Crippen LogP contribution in [0.3, 0.4) is 0 Å². The number of anilines is 1. The Balaban J connectivity index is 1.93. The molecule has 1 aromatic heterocycles. The summed E-state index contributed by atoms with van der Waals surface area (Å²) in [5.41, 5.74) is 0.410. The Kier molecular flexibility index (Phi) is 5.29. The number of carbonyl (C=O) groups excluding carboxylic acids is 1. The van der Waals surface area contributed by atoms with Crippen molar-refractivity contribution in [1.29, 1.82) is 0 Å². The van der Waals surface area contributed by atoms with Crippen LogP contribution in [0, 0.1) is 0 Å². The van der Waals surface area contributed by atoms with Gasteiger partial charge in [-0.3, -0.25) is 4.79 Å². The van der Waals surface area contributed by atoms with E-state index in [0.29, 0.717) is 24.3 Å². The van der Waals surface area contributed by atoms with Crippen LogP contribution in [0.1, 0.15) is 43.1 Å². The van der Waals surface area contributed by atoms with Crippen LogP contribution in [-0.2, 0) is 0 Å². The van der Waals surface area contributed by atoms with Crippen molar-refractivity contribution in [1.82, 2.24) is 20.6 Å². The van der Waals surface area contributed by atoms with Gasteiger partial charge in [-0.25, -0.2) is 9.97 Å². The molecule has 0 saturated heterocycles. The fourth-order valence-corrected chi connectivity index (χ4v) is 2.55. The molecule has 20 heavy (non-hydrogen) atoms. The lowest BCUT2D eigenvalue weighted by Gasteiger charge is -2.29. The van der Waals surface area contributed by atoms with E-state index in [1.807, 2.05) is 14.0 Å². The van der Waals surface area contributed by atoms with Crippen molar-refractivity contribution in [3.8, 4) is 0 Å². The molecule has 1 aliphatic carbocycles. The lowest BCUT2D eigenvalue weighted by molar-refractivity contribution is 0.0950. The molecule has 110 valence electrons. The van der Waals surface area contributed by atoms with E-state index in [2.05, 4.69) is 25.9 Å². The summed E-state index contributed by atoms with van der Waals surface area (Å²) in [4.78, 5) is 19.9. The molecule has 6 nitrogen and oxygen atoms in total. The standard InChI is InChI=1S/C14H23N5O/c1-3-16-14(20)12-8-13(18-9-17-12)19-11-6-4-10(15-2)5-7-11/h8-11,15H,3-7H2,1-2H3,(H,16,20)(H,17,18,19). The third-order valence-corrected chi connectivity index (χ3v) is 3.72. The molecule has 1 amide bonds. The van der Waals surface area contributed by atoms with Crippen molar-refractivity contribution in [3.05, 3.63) is 18.1 Å². The molecule has 1 fully saturated rings. The van der Waals surface area contributed by atoms with Crippen LogP contribution in [0.15, 0.2) is 12.4 Å². The summed E-state index contributed by atoms with van der Waals surface area (Å²) in [7, 11) is 2.02. The topological polar surface area (TPSA) is 78.9 Å². The van der Waals surface area contributed by atoms with E-state index in [9.17, 15) is 4.79 Å². The predicted octanol–water partition coefficient (Wildman–Crippen LogP) is 1.17. The minimum absolute atomic E-state index is 0.156. The largest absolute Gasteiger partial charge is 0.367 e. The van der Waals surface area contributed by atoms with Crippen LogP contribution in [0.2, 0.25) is 0 Å². The lowest BCUT2D eigenvalue weighted by atomic mass is 9.91. The molecule has 0 spiro atoms. The number of hydrogen-bond acceptors (Lipinski definition) is 5. The minimum atomic E-state index is -0.156. The summed E-state index contributed by atoms with van der Waals surface area (Å²) >= 11 is 0. The zero-order valence-corrected chi connectivity index (χ0v) is 12.1. The van der Waals surface area contributed by atoms with Crippen molar-refractivity contribution in [3.63, 3.8) is 0 Å². The first kappa shape index (κ1) is 14.7. The number of nitrogens with zero attached hydrogens (tertiary/aromatic N) is 2. The molecule has 0 radical (unpaired) electrons. The number of rotatable bonds is 5. The second-order valence-corrected chi connectivity index (χ2v) is 5.13. The summed E-state index contributed by atoms with van der Waals surface area (Å²) in [5.74, 6) is 0.575. The first-order valence-electron chi connectivity index (χ1n) is 7.27. The van der Waals surface area contributed by atoms with E-state index < -0.39 is 0 Å². The van der Waals surface area contributed by atoms with E-state index in [-0.39, 0.29) is 5.91 Å². The maximum atomic E-state index is 11.7. The average molecular weight is 277 g/mol. The zero-order valence-electron chi connectivity index (χ0n) is 12.1. The van der Waals surface area contributed by atoms with Gasteiger partial charge in [0.25, 0.3) is 5.91 Å². The van der Waals surface area contributed by atoms with Crippen molar-refractivity contribution in [2.45, 2.75) is 44.7 Å². The molecule has 3 N–H and O–H groups in total. The third kappa shape index (κ3) is 3.90. The van der Waals surface area contributed by atoms with Crippen LogP contribution < -0.4 is 16.0 Å². The molecule has 0 bridgehead atoms. The smallest absolute Gasteiger partial charge is 0.270 e. The maximum absolute atomic E-state index is 11.7. The Morgan fingerprint density at radius 3 is 2.60 bits per heavy atom. The fourth-order valence-electron chi connectivity index (χ4n) is 2.55. The van der Waals surface area contributed by atoms with Gasteiger partial charge in [0, 0.05) is 24.7 Å². The monoisotopic (exact) mass is 277 g/mol. The van der Waals surface area contributed by atoms with Gasteiger partial charge in [0.15, 0.2) is 0 Å². The van der Waals surface area contributed by atoms with E-state index in [1.54, 1.807) is 6.07 Å². The molecule has 1 aromatic rings. The van der Waals surface area contributed by atoms with Gasteiger partial charge < -0.3 is 16.0 Å². The van der Waals surface area contributed by atoms with Gasteiger partial charge >= 0.3 is 0 Å². The number of aromatic nitrogens is 2. The Morgan fingerprint density at radius 1 is 1.25 bits per heavy atom. The molecule has 0 unspecified atom stereocenters. The molecule has 0 aliphatic heterocycles. The molecule has 2 rings (SSSR count). The van der Waals surface area contributed by atoms with Gasteiger partial charge in [0.1, 0.15) is 17.8 Å². The van der Waals surface area contributed by atoms with Crippen molar-refractivity contribution < 1.29 is 4.79 Å². The average Bonchev–Trinajstić information content (AvgIpc) is 2.48. The highest BCUT2D eigenvalue weighted by Crippen LogP contribution is 2.21. The van der Waals surface area contributed by atoms with Crippen LogP contribution in [-0.4, -0.2) is 41.6 Å². The highest BCUT2D eigenvalue weighted by Gasteiger charge is 2.20. The van der Waals surface area contributed by atoms with Crippen molar-refractivity contribution in [2.75, 3.05) is 18.9 Å². The van der Waals surface area contributed by atoms with Gasteiger partial charge in [-0.2, -0.15) is 0 Å². The highest BCUT2D eigenvalue weighted by atomic mass is 16.1. The molecular formula is C14H23N5O. The number of hydrogen-bond donors (Lipinski definition) is 3. The molecule has 1 heterocycles. The second kappa shape index (κ2) is 7.19. The zero-order chi connectivity index (χ0) is 14.4. The molecule has 1 aliphatic rings. The summed E-state index contributed by atoms with van der Waals surface area (Å²) in [6, 6.07) is 2.77. The predicted molar refractivity (Wildman–Crippen MR) is 78.8 cm³/mol. The van der Waals surface area contributed by atoms with Crippen molar-refractivity contribution >= 4 is 11.7 Å². The maximum Gasteiger partial charge on any atom is 0.270 e. The van der Waals surface area contributed by atoms with Gasteiger partial charge in [0.05, 0.1) is 0 Å². The summed E-state index contributed by atoms with van der Waals surface area (Å²) < 4.78 is 0. The quantitative estimate of drug-likeness (QED) is 0.753. The Morgan fingerprint density at radius 2 is 1.95 bits per heavy atom. The van der Waals surface area contributed by atoms with E-state index in [4.69, 9.17) is 0 Å². The Bertz CT molecular complexity index is 443. The van der Waals surface area contributed by atoms with Gasteiger partial charge in [-0.1, -0.05) is 0 Å². The minimum Gasteiger partial charge on any atom is -0.367 e. The van der Waals surface area contributed by atoms with Crippen LogP contribution in [0.4, 0.5) is 5.82 Å². The van der Waals surface area contributed by atoms with Gasteiger partial charge in [-0.15, -0.1) is 0 Å². The third-order valence-electron chi connectivity index (χ3n) is 3.72. The van der Waals surface area contributed by atoms with Crippen LogP contribution >= 0.6 is 0 Å². The first-order valence-corrected chi connectivity index (χ1v) is 7.27. The van der Waals surface area contributed by atoms with Gasteiger partial charge in [-0.05, 0) is 39.7 Å². The Hall–Kier alpha value is -1.69. The SMILES string of the molecule is CCNC(=O)c1cc(NC2CCC(NC)CC2)ncn1. The molecule has 0 aromatic carbocycles. The second-order valence-electron chi connectivity index (χ2n) is 5.13. The lowest BCUT2D eigenvalue weighted by Crippen LogP contribution is -2.35. The fraction of sp³-hybridized carbons (Fsp3) is 0.643. The Labute approximate surface area is 119 Å². The molecule has 1 saturated carbocycles. The van der Waals surface area contributed by atoms with Crippen molar-refractivity contribution in [2.24, 2.45) is 0 Å². The first-order chi connectivity index (χ1) is 9.72. The molecule has 6 heteroatoms. The highest BCUT2D eigenvalue weighted by molar-refractivity contribution is 5.92. The molecule has 0 atom stereocenters. The van der Waals surface area contributed by atoms with E-state index >= 15 is 0 Å². The number of amides is 1. The number of carbonyl (C=O) groups is 1. The summed E-state index contributed by atoms with van der Waals surface area (Å²) in [5, 5.41) is 9.46. The van der Waals surface area contributed by atoms with Crippen LogP contribution in [0.25, 0.3) is 0 Å². The normalized spacial score (nSPS) is 22.3.